The van der Waals surface area contributed by atoms with Crippen LogP contribution in [0.3, 0.4) is 0 Å². The van der Waals surface area contributed by atoms with Gasteiger partial charge in [-0.3, -0.25) is 0 Å². The van der Waals surface area contributed by atoms with Crippen LogP contribution in [0.25, 0.3) is 0 Å². The van der Waals surface area contributed by atoms with Crippen LogP contribution in [-0.2, 0) is 0 Å². The summed E-state index contributed by atoms with van der Waals surface area (Å²) in [6, 6.07) is 8.33. The molecule has 42 valence electrons. The quantitative estimate of drug-likeness (QED) is 0.403. The summed E-state index contributed by atoms with van der Waals surface area (Å²) in [6.45, 7) is 0. The molecule has 0 aromatic heterocycles. The van der Waals surface area contributed by atoms with Crippen molar-refractivity contribution in [3.05, 3.63) is 33.8 Å². The molecule has 0 radical (unpaired) electrons. The third-order valence-electron chi connectivity index (χ3n) is 0.759. The van der Waals surface area contributed by atoms with E-state index in [2.05, 4.69) is 22.0 Å². The topological polar surface area (TPSA) is 0 Å². The molecule has 0 N–H and O–H groups in total. The molecule has 0 heterocycles. The normalized spacial score (nSPS) is 8.22. The van der Waals surface area contributed by atoms with E-state index in [1.165, 1.54) is 0 Å². The molecule has 0 saturated carbocycles. The Balaban J connectivity index is 0.000000640. The van der Waals surface area contributed by atoms with Crippen LogP contribution in [0.5, 0.6) is 0 Å². The zero-order chi connectivity index (χ0) is 5.98. The summed E-state index contributed by atoms with van der Waals surface area (Å²) in [5.74, 6) is 0. The molecule has 0 spiro atoms. The van der Waals surface area contributed by atoms with Crippen molar-refractivity contribution in [2.45, 2.75) is 0 Å². The standard InChI is InChI=1S/C6H3BrCl.Li/c7-5-3-1-2-4-6(5)8;/h1-2,4H;/q-1;+1. The van der Waals surface area contributed by atoms with Gasteiger partial charge in [0, 0.05) is 0 Å². The van der Waals surface area contributed by atoms with Gasteiger partial charge < -0.3 is 0 Å². The summed E-state index contributed by atoms with van der Waals surface area (Å²) in [7, 11) is 0. The molecule has 0 amide bonds. The van der Waals surface area contributed by atoms with Gasteiger partial charge in [0.25, 0.3) is 0 Å². The Hall–Kier alpha value is 0.587. The predicted octanol–water partition coefficient (Wildman–Crippen LogP) is -0.0933. The van der Waals surface area contributed by atoms with E-state index in [0.29, 0.717) is 5.02 Å². The number of hydrogen-bond donors (Lipinski definition) is 0. The minimum atomic E-state index is 0. The van der Waals surface area contributed by atoms with Gasteiger partial charge in [0.2, 0.25) is 0 Å². The number of hydrogen-bond acceptors (Lipinski definition) is 0. The first-order chi connectivity index (χ1) is 3.80. The van der Waals surface area contributed by atoms with Crippen molar-refractivity contribution >= 4 is 27.5 Å². The third-order valence-corrected chi connectivity index (χ3v) is 1.96. The van der Waals surface area contributed by atoms with Gasteiger partial charge in [-0.1, -0.05) is 25.4 Å². The average Bonchev–Trinajstić information content (AvgIpc) is 1.77. The monoisotopic (exact) mass is 196 g/mol. The Morgan fingerprint density at radius 2 is 2.22 bits per heavy atom. The molecule has 0 nitrogen and oxygen atoms in total. The van der Waals surface area contributed by atoms with Crippen LogP contribution in [0.15, 0.2) is 22.7 Å². The van der Waals surface area contributed by atoms with E-state index in [4.69, 9.17) is 11.6 Å². The van der Waals surface area contributed by atoms with Crippen LogP contribution in [0.4, 0.5) is 0 Å². The molecule has 0 aliphatic carbocycles. The molecule has 0 aliphatic heterocycles. The summed E-state index contributed by atoms with van der Waals surface area (Å²) in [5.41, 5.74) is 0. The zero-order valence-electron chi connectivity index (χ0n) is 4.99. The van der Waals surface area contributed by atoms with Gasteiger partial charge in [-0.15, -0.1) is 0 Å². The Labute approximate surface area is 79.9 Å². The molecule has 1 rings (SSSR count). The maximum atomic E-state index is 5.63. The fourth-order valence-electron chi connectivity index (χ4n) is 0.396. The summed E-state index contributed by atoms with van der Waals surface area (Å²) < 4.78 is 0.821. The predicted molar refractivity (Wildman–Crippen MR) is 38.0 cm³/mol. The summed E-state index contributed by atoms with van der Waals surface area (Å²) in [4.78, 5) is 0. The molecule has 3 heteroatoms. The first kappa shape index (κ1) is 9.59. The third kappa shape index (κ3) is 2.78. The SMILES string of the molecule is Clc1ccc[c-]c1Br.[Li+]. The minimum absolute atomic E-state index is 0. The van der Waals surface area contributed by atoms with E-state index in [-0.39, 0.29) is 18.9 Å². The zero-order valence-corrected chi connectivity index (χ0v) is 7.33. The van der Waals surface area contributed by atoms with Crippen molar-refractivity contribution in [2.24, 2.45) is 0 Å². The maximum absolute atomic E-state index is 5.63. The van der Waals surface area contributed by atoms with Crippen molar-refractivity contribution in [3.63, 3.8) is 0 Å². The van der Waals surface area contributed by atoms with Gasteiger partial charge in [-0.2, -0.15) is 35.9 Å². The Bertz CT molecular complexity index is 169. The van der Waals surface area contributed by atoms with E-state index in [9.17, 15) is 0 Å². The van der Waals surface area contributed by atoms with E-state index in [0.717, 1.165) is 4.47 Å². The summed E-state index contributed by atoms with van der Waals surface area (Å²) >= 11 is 8.84. The van der Waals surface area contributed by atoms with Gasteiger partial charge in [0.1, 0.15) is 0 Å². The average molecular weight is 197 g/mol. The maximum Gasteiger partial charge on any atom is 1.00 e. The van der Waals surface area contributed by atoms with Crippen LogP contribution in [0.1, 0.15) is 0 Å². The Morgan fingerprint density at radius 3 is 2.56 bits per heavy atom. The van der Waals surface area contributed by atoms with E-state index < -0.39 is 0 Å². The summed E-state index contributed by atoms with van der Waals surface area (Å²) in [6.07, 6.45) is 0. The second-order valence-electron chi connectivity index (χ2n) is 1.33. The van der Waals surface area contributed by atoms with Crippen LogP contribution >= 0.6 is 27.5 Å². The molecule has 0 aliphatic rings. The largest absolute Gasteiger partial charge is 1.00 e. The van der Waals surface area contributed by atoms with Crippen LogP contribution in [-0.4, -0.2) is 0 Å². The van der Waals surface area contributed by atoms with Crippen molar-refractivity contribution in [1.29, 1.82) is 0 Å². The molecule has 0 atom stereocenters. The molecule has 0 bridgehead atoms. The Morgan fingerprint density at radius 1 is 1.56 bits per heavy atom. The van der Waals surface area contributed by atoms with Gasteiger partial charge in [0.15, 0.2) is 0 Å². The first-order valence-corrected chi connectivity index (χ1v) is 3.29. The van der Waals surface area contributed by atoms with Crippen molar-refractivity contribution < 1.29 is 18.9 Å². The molecule has 0 fully saturated rings. The molecule has 1 aromatic rings. The molecule has 9 heavy (non-hydrogen) atoms. The first-order valence-electron chi connectivity index (χ1n) is 2.12. The van der Waals surface area contributed by atoms with Gasteiger partial charge in [-0.05, 0) is 0 Å². The second-order valence-corrected chi connectivity index (χ2v) is 2.53. The molecule has 0 saturated heterocycles. The fourth-order valence-corrected chi connectivity index (χ4v) is 0.788. The van der Waals surface area contributed by atoms with Crippen LogP contribution in [0.2, 0.25) is 5.02 Å². The van der Waals surface area contributed by atoms with Gasteiger partial charge in [0.05, 0.1) is 0 Å². The summed E-state index contributed by atoms with van der Waals surface area (Å²) in [5, 5.41) is 0.701. The van der Waals surface area contributed by atoms with E-state index in [1.54, 1.807) is 6.07 Å². The van der Waals surface area contributed by atoms with Crippen LogP contribution < -0.4 is 18.9 Å². The number of rotatable bonds is 0. The van der Waals surface area contributed by atoms with E-state index in [1.807, 2.05) is 12.1 Å². The van der Waals surface area contributed by atoms with Gasteiger partial charge >= 0.3 is 18.9 Å². The molecule has 0 unspecified atom stereocenters. The fraction of sp³-hybridized carbons (Fsp3) is 0. The van der Waals surface area contributed by atoms with Crippen molar-refractivity contribution in [3.8, 4) is 0 Å². The smallest absolute Gasteiger partial charge is 0.176 e. The number of halogens is 2. The molecular weight excluding hydrogens is 194 g/mol. The van der Waals surface area contributed by atoms with Crippen molar-refractivity contribution in [1.82, 2.24) is 0 Å². The van der Waals surface area contributed by atoms with Crippen LogP contribution in [0, 0.1) is 6.07 Å². The second kappa shape index (κ2) is 4.41. The van der Waals surface area contributed by atoms with Gasteiger partial charge in [-0.25, -0.2) is 0 Å². The molecular formula is C6H3BrClLi. The number of benzene rings is 1. The van der Waals surface area contributed by atoms with Crippen molar-refractivity contribution in [2.75, 3.05) is 0 Å². The van der Waals surface area contributed by atoms with E-state index >= 15 is 0 Å². The molecule has 1 aromatic carbocycles. The Kier molecular flexibility index (Phi) is 4.70. The minimum Gasteiger partial charge on any atom is -0.176 e.